The summed E-state index contributed by atoms with van der Waals surface area (Å²) in [5.74, 6) is -0.184. The minimum atomic E-state index is -0.280. The lowest BCUT2D eigenvalue weighted by molar-refractivity contribution is -0.671. The fourth-order valence-corrected chi connectivity index (χ4v) is 6.22. The Morgan fingerprint density at radius 3 is 1.64 bits per heavy atom. The largest absolute Gasteiger partial charge is 0.465 e. The maximum Gasteiger partial charge on any atom is 0.316 e. The van der Waals surface area contributed by atoms with Gasteiger partial charge < -0.3 is 24.6 Å². The molecule has 0 atom stereocenters. The van der Waals surface area contributed by atoms with Crippen LogP contribution in [0.4, 0.5) is 11.4 Å². The summed E-state index contributed by atoms with van der Waals surface area (Å²) in [6, 6.07) is 20.9. The first-order valence-electron chi connectivity index (χ1n) is 16.8. The van der Waals surface area contributed by atoms with Gasteiger partial charge in [0.05, 0.1) is 13.2 Å². The van der Waals surface area contributed by atoms with E-state index in [9.17, 15) is 9.59 Å². The van der Waals surface area contributed by atoms with Crippen molar-refractivity contribution in [1.29, 1.82) is 0 Å². The zero-order valence-electron chi connectivity index (χ0n) is 29.9. The molecule has 3 aromatic rings. The van der Waals surface area contributed by atoms with Gasteiger partial charge in [0, 0.05) is 57.7 Å². The first-order chi connectivity index (χ1) is 24.3. The molecule has 10 heteroatoms. The van der Waals surface area contributed by atoms with Gasteiger partial charge in [0.2, 0.25) is 0 Å². The van der Waals surface area contributed by atoms with Crippen molar-refractivity contribution in [1.82, 2.24) is 5.32 Å². The molecule has 0 amide bonds. The van der Waals surface area contributed by atoms with Gasteiger partial charge in [-0.25, -0.2) is 4.57 Å². The van der Waals surface area contributed by atoms with Gasteiger partial charge in [0.1, 0.15) is 18.6 Å². The molecule has 1 N–H and O–H groups in total. The molecule has 0 saturated heterocycles. The van der Waals surface area contributed by atoms with Crippen molar-refractivity contribution < 1.29 is 23.6 Å². The van der Waals surface area contributed by atoms with E-state index in [1.165, 1.54) is 21.6 Å². The molecule has 0 radical (unpaired) electrons. The molecular weight excluding hydrogens is 665 g/mol. The van der Waals surface area contributed by atoms with Gasteiger partial charge >= 0.3 is 11.9 Å². The summed E-state index contributed by atoms with van der Waals surface area (Å²) in [6.45, 7) is 4.26. The summed E-state index contributed by atoms with van der Waals surface area (Å²) in [5, 5.41) is 3.00. The Morgan fingerprint density at radius 1 is 0.720 bits per heavy atom. The lowest BCUT2D eigenvalue weighted by atomic mass is 10.1. The van der Waals surface area contributed by atoms with E-state index in [1.807, 2.05) is 64.4 Å². The number of hydrogen-bond donors (Lipinski definition) is 1. The van der Waals surface area contributed by atoms with Crippen LogP contribution in [-0.2, 0) is 26.1 Å². The molecule has 0 bridgehead atoms. The van der Waals surface area contributed by atoms with Crippen LogP contribution < -0.4 is 19.7 Å². The standard InChI is InChI=1S/C40H51N4O4S2/c1-6-33(21-24-41-2)9-10-34-13-17-37(18-14-34)43(4)25-7-29-47-39(45)31-49-50-32-40(46)48-30-8-26-44(5)38-19-15-35(16-20-38)11-12-36-22-27-42(3)28-23-36/h6,9-24,27-28,41H,7-8,25-26,29-32H2,1-5H3/q+1/b10-9+,24-21-,33-6-. The van der Waals surface area contributed by atoms with Crippen molar-refractivity contribution in [2.75, 3.05) is 68.8 Å². The van der Waals surface area contributed by atoms with E-state index in [0.717, 1.165) is 59.6 Å². The van der Waals surface area contributed by atoms with Crippen LogP contribution in [0.3, 0.4) is 0 Å². The van der Waals surface area contributed by atoms with E-state index >= 15 is 0 Å². The van der Waals surface area contributed by atoms with Crippen LogP contribution in [0.25, 0.3) is 18.2 Å². The zero-order valence-corrected chi connectivity index (χ0v) is 31.6. The highest BCUT2D eigenvalue weighted by atomic mass is 33.1. The van der Waals surface area contributed by atoms with Crippen LogP contribution in [0.5, 0.6) is 0 Å². The minimum Gasteiger partial charge on any atom is -0.465 e. The Labute approximate surface area is 306 Å². The molecule has 8 nitrogen and oxygen atoms in total. The predicted molar refractivity (Wildman–Crippen MR) is 213 cm³/mol. The number of ether oxygens (including phenoxy) is 2. The van der Waals surface area contributed by atoms with E-state index in [1.54, 1.807) is 0 Å². The van der Waals surface area contributed by atoms with Crippen LogP contribution in [-0.4, -0.2) is 70.9 Å². The quantitative estimate of drug-likeness (QED) is 0.0406. The van der Waals surface area contributed by atoms with Gasteiger partial charge in [0.25, 0.3) is 0 Å². The number of carbonyl (C=O) groups excluding carboxylic acids is 2. The van der Waals surface area contributed by atoms with E-state index in [-0.39, 0.29) is 23.4 Å². The number of benzene rings is 2. The summed E-state index contributed by atoms with van der Waals surface area (Å²) in [7, 11) is 10.6. The number of esters is 2. The number of anilines is 2. The molecule has 3 rings (SSSR count). The van der Waals surface area contributed by atoms with E-state index in [4.69, 9.17) is 9.47 Å². The molecule has 0 aliphatic rings. The second kappa shape index (κ2) is 23.1. The first kappa shape index (κ1) is 40.0. The number of nitrogens with zero attached hydrogens (tertiary/aromatic N) is 3. The number of pyridine rings is 1. The average Bonchev–Trinajstić information content (AvgIpc) is 3.13. The average molecular weight is 716 g/mol. The third-order valence-electron chi connectivity index (χ3n) is 7.62. The van der Waals surface area contributed by atoms with Gasteiger partial charge in [-0.3, -0.25) is 9.59 Å². The van der Waals surface area contributed by atoms with Crippen LogP contribution in [0.2, 0.25) is 0 Å². The van der Waals surface area contributed by atoms with Crippen molar-refractivity contribution in [3.63, 3.8) is 0 Å². The summed E-state index contributed by atoms with van der Waals surface area (Å²) >= 11 is 0. The molecule has 0 spiro atoms. The van der Waals surface area contributed by atoms with E-state index in [2.05, 4.69) is 106 Å². The third kappa shape index (κ3) is 15.9. The van der Waals surface area contributed by atoms with Crippen LogP contribution in [0, 0.1) is 0 Å². The van der Waals surface area contributed by atoms with Crippen molar-refractivity contribution in [2.24, 2.45) is 7.05 Å². The minimum absolute atomic E-state index is 0.187. The number of nitrogens with one attached hydrogen (secondary N) is 1. The van der Waals surface area contributed by atoms with Crippen molar-refractivity contribution in [2.45, 2.75) is 19.8 Å². The second-order valence-electron chi connectivity index (χ2n) is 11.6. The van der Waals surface area contributed by atoms with Crippen molar-refractivity contribution >= 4 is 63.1 Å². The maximum absolute atomic E-state index is 12.1. The molecule has 0 saturated carbocycles. The number of allylic oxidation sites excluding steroid dienone is 4. The predicted octanol–water partition coefficient (Wildman–Crippen LogP) is 7.19. The smallest absolute Gasteiger partial charge is 0.316 e. The molecule has 0 aliphatic heterocycles. The van der Waals surface area contributed by atoms with Crippen molar-refractivity contribution in [3.8, 4) is 0 Å². The number of rotatable bonds is 21. The van der Waals surface area contributed by atoms with E-state index in [0.29, 0.717) is 13.2 Å². The van der Waals surface area contributed by atoms with Gasteiger partial charge in [-0.2, -0.15) is 0 Å². The summed E-state index contributed by atoms with van der Waals surface area (Å²) in [6.07, 6.45) is 19.9. The molecule has 0 fully saturated rings. The Bertz CT molecular complexity index is 1570. The molecule has 50 heavy (non-hydrogen) atoms. The molecule has 0 aliphatic carbocycles. The monoisotopic (exact) mass is 715 g/mol. The van der Waals surface area contributed by atoms with Crippen molar-refractivity contribution in [3.05, 3.63) is 120 Å². The maximum atomic E-state index is 12.1. The summed E-state index contributed by atoms with van der Waals surface area (Å²) in [5.41, 5.74) is 6.76. The zero-order chi connectivity index (χ0) is 36.0. The number of hydrogen-bond acceptors (Lipinski definition) is 9. The fourth-order valence-electron chi connectivity index (χ4n) is 4.61. The molecular formula is C40H51N4O4S2+. The topological polar surface area (TPSA) is 75.0 Å². The van der Waals surface area contributed by atoms with Crippen LogP contribution >= 0.6 is 21.6 Å². The lowest BCUT2D eigenvalue weighted by Crippen LogP contribution is -2.25. The van der Waals surface area contributed by atoms with E-state index < -0.39 is 0 Å². The van der Waals surface area contributed by atoms with Gasteiger partial charge in [-0.05, 0) is 78.6 Å². The number of carbonyl (C=O) groups is 2. The second-order valence-corrected chi connectivity index (χ2v) is 14.0. The number of aryl methyl sites for hydroxylation is 1. The molecule has 0 unspecified atom stereocenters. The van der Waals surface area contributed by atoms with Gasteiger partial charge in [0.15, 0.2) is 12.4 Å². The Hall–Kier alpha value is -4.41. The van der Waals surface area contributed by atoms with Crippen LogP contribution in [0.15, 0.2) is 103 Å². The lowest BCUT2D eigenvalue weighted by Gasteiger charge is -2.19. The van der Waals surface area contributed by atoms with Gasteiger partial charge in [-0.15, -0.1) is 0 Å². The molecule has 1 heterocycles. The Balaban J connectivity index is 1.20. The molecule has 1 aromatic heterocycles. The highest BCUT2D eigenvalue weighted by Crippen LogP contribution is 2.22. The summed E-state index contributed by atoms with van der Waals surface area (Å²) in [4.78, 5) is 28.5. The number of aromatic nitrogens is 1. The summed E-state index contributed by atoms with van der Waals surface area (Å²) < 4.78 is 12.8. The molecule has 2 aromatic carbocycles. The normalized spacial score (nSPS) is 11.7. The van der Waals surface area contributed by atoms with Crippen LogP contribution in [0.1, 0.15) is 36.5 Å². The highest BCUT2D eigenvalue weighted by molar-refractivity contribution is 8.77. The third-order valence-corrected chi connectivity index (χ3v) is 9.70. The SMILES string of the molecule is C/C=C(\C=C/NC)/C=C/c1ccc(N(C)CCCOC(=O)CSSCC(=O)OCCCN(C)c2ccc(/C=C/c3cc[n+](C)cc3)cc2)cc1. The first-order valence-corrected chi connectivity index (χ1v) is 19.3. The Morgan fingerprint density at radius 2 is 1.18 bits per heavy atom. The Kier molecular flexibility index (Phi) is 18.5. The highest BCUT2D eigenvalue weighted by Gasteiger charge is 2.09. The molecule has 266 valence electrons. The fraction of sp³-hybridized carbons (Fsp3) is 0.325. The van der Waals surface area contributed by atoms with Gasteiger partial charge in [-0.1, -0.05) is 76.2 Å².